The van der Waals surface area contributed by atoms with Crippen LogP contribution in [0.15, 0.2) is 0 Å². The van der Waals surface area contributed by atoms with Crippen LogP contribution < -0.4 is 16.0 Å². The number of nitrogens with one attached hydrogen (secondary N) is 3. The average molecular weight is 200 g/mol. The Balaban J connectivity index is 2.68. The van der Waals surface area contributed by atoms with Crippen molar-refractivity contribution in [3.63, 3.8) is 0 Å². The quantitative estimate of drug-likeness (QED) is 0.474. The van der Waals surface area contributed by atoms with Crippen molar-refractivity contribution in [2.75, 3.05) is 33.7 Å². The molecule has 1 unspecified atom stereocenters. The predicted molar refractivity (Wildman–Crippen MR) is 51.9 cm³/mol. The van der Waals surface area contributed by atoms with Crippen LogP contribution >= 0.6 is 0 Å². The number of urea groups is 1. The van der Waals surface area contributed by atoms with Crippen molar-refractivity contribution in [3.05, 3.63) is 0 Å². The molecule has 1 fully saturated rings. The molecule has 1 heterocycles. The van der Waals surface area contributed by atoms with Gasteiger partial charge in [-0.05, 0) is 0 Å². The van der Waals surface area contributed by atoms with E-state index in [1.54, 1.807) is 14.1 Å². The summed E-state index contributed by atoms with van der Waals surface area (Å²) in [7, 11) is 3.13. The van der Waals surface area contributed by atoms with E-state index in [1.807, 2.05) is 0 Å². The number of amides is 3. The molecule has 0 aliphatic carbocycles. The Bertz CT molecular complexity index is 207. The lowest BCUT2D eigenvalue weighted by Gasteiger charge is -2.34. The van der Waals surface area contributed by atoms with Crippen molar-refractivity contribution in [2.45, 2.75) is 6.04 Å². The molecule has 0 spiro atoms. The summed E-state index contributed by atoms with van der Waals surface area (Å²) in [4.78, 5) is 24.4. The van der Waals surface area contributed by atoms with E-state index in [4.69, 9.17) is 0 Å². The van der Waals surface area contributed by atoms with E-state index in [0.717, 1.165) is 6.54 Å². The zero-order chi connectivity index (χ0) is 10.6. The van der Waals surface area contributed by atoms with Gasteiger partial charge in [-0.25, -0.2) is 4.79 Å². The molecule has 1 rings (SSSR count). The lowest BCUT2D eigenvalue weighted by molar-refractivity contribution is -0.125. The largest absolute Gasteiger partial charge is 0.357 e. The summed E-state index contributed by atoms with van der Waals surface area (Å²) >= 11 is 0. The van der Waals surface area contributed by atoms with Gasteiger partial charge < -0.3 is 20.9 Å². The molecule has 6 heteroatoms. The van der Waals surface area contributed by atoms with Crippen LogP contribution in [0.4, 0.5) is 4.79 Å². The van der Waals surface area contributed by atoms with Gasteiger partial charge in [-0.3, -0.25) is 4.79 Å². The third-order valence-corrected chi connectivity index (χ3v) is 2.27. The fourth-order valence-corrected chi connectivity index (χ4v) is 1.49. The van der Waals surface area contributed by atoms with Gasteiger partial charge in [0.05, 0.1) is 0 Å². The molecular weight excluding hydrogens is 184 g/mol. The first-order chi connectivity index (χ1) is 6.70. The molecule has 0 radical (unpaired) electrons. The zero-order valence-corrected chi connectivity index (χ0v) is 8.46. The molecule has 1 aliphatic rings. The van der Waals surface area contributed by atoms with E-state index >= 15 is 0 Å². The SMILES string of the molecule is CNC(=O)C1CNCCN1C(=O)NC. The molecule has 6 nitrogen and oxygen atoms in total. The van der Waals surface area contributed by atoms with Gasteiger partial charge in [-0.15, -0.1) is 0 Å². The topological polar surface area (TPSA) is 73.5 Å². The Morgan fingerprint density at radius 1 is 1.36 bits per heavy atom. The Morgan fingerprint density at radius 2 is 2.07 bits per heavy atom. The predicted octanol–water partition coefficient (Wildman–Crippen LogP) is -1.65. The average Bonchev–Trinajstić information content (AvgIpc) is 2.27. The Morgan fingerprint density at radius 3 is 2.64 bits per heavy atom. The summed E-state index contributed by atoms with van der Waals surface area (Å²) in [6.45, 7) is 1.78. The number of likely N-dealkylation sites (N-methyl/N-ethyl adjacent to an activating group) is 1. The second kappa shape index (κ2) is 4.80. The summed E-state index contributed by atoms with van der Waals surface area (Å²) in [5.41, 5.74) is 0. The monoisotopic (exact) mass is 200 g/mol. The number of hydrogen-bond acceptors (Lipinski definition) is 3. The molecule has 0 aromatic carbocycles. The molecule has 0 aromatic rings. The minimum Gasteiger partial charge on any atom is -0.357 e. The second-order valence-electron chi connectivity index (χ2n) is 3.08. The summed E-state index contributed by atoms with van der Waals surface area (Å²) in [6.07, 6.45) is 0. The van der Waals surface area contributed by atoms with Crippen LogP contribution in [0.5, 0.6) is 0 Å². The normalized spacial score (nSPS) is 21.6. The molecule has 1 aliphatic heterocycles. The lowest BCUT2D eigenvalue weighted by Crippen LogP contribution is -2.60. The minimum absolute atomic E-state index is 0.138. The highest BCUT2D eigenvalue weighted by atomic mass is 16.2. The van der Waals surface area contributed by atoms with E-state index in [1.165, 1.54) is 4.90 Å². The number of piperazine rings is 1. The number of nitrogens with zero attached hydrogens (tertiary/aromatic N) is 1. The number of carbonyl (C=O) groups excluding carboxylic acids is 2. The van der Waals surface area contributed by atoms with E-state index in [-0.39, 0.29) is 11.9 Å². The van der Waals surface area contributed by atoms with Crippen molar-refractivity contribution >= 4 is 11.9 Å². The van der Waals surface area contributed by atoms with Crippen molar-refractivity contribution in [2.24, 2.45) is 0 Å². The van der Waals surface area contributed by atoms with Crippen LogP contribution in [0.25, 0.3) is 0 Å². The zero-order valence-electron chi connectivity index (χ0n) is 8.46. The number of carbonyl (C=O) groups is 2. The van der Waals surface area contributed by atoms with Gasteiger partial charge in [-0.1, -0.05) is 0 Å². The number of rotatable bonds is 1. The van der Waals surface area contributed by atoms with Crippen molar-refractivity contribution in [3.8, 4) is 0 Å². The highest BCUT2D eigenvalue weighted by molar-refractivity contribution is 5.87. The van der Waals surface area contributed by atoms with Gasteiger partial charge in [0.15, 0.2) is 0 Å². The van der Waals surface area contributed by atoms with E-state index in [2.05, 4.69) is 16.0 Å². The molecular formula is C8H16N4O2. The van der Waals surface area contributed by atoms with Crippen LogP contribution in [0.3, 0.4) is 0 Å². The maximum Gasteiger partial charge on any atom is 0.317 e. The minimum atomic E-state index is -0.409. The second-order valence-corrected chi connectivity index (χ2v) is 3.08. The maximum atomic E-state index is 11.4. The van der Waals surface area contributed by atoms with Gasteiger partial charge in [0.2, 0.25) is 5.91 Å². The van der Waals surface area contributed by atoms with Crippen molar-refractivity contribution < 1.29 is 9.59 Å². The Labute approximate surface area is 83.0 Å². The molecule has 1 saturated heterocycles. The first-order valence-electron chi connectivity index (χ1n) is 4.61. The first-order valence-corrected chi connectivity index (χ1v) is 4.61. The molecule has 1 atom stereocenters. The van der Waals surface area contributed by atoms with Crippen molar-refractivity contribution in [1.29, 1.82) is 0 Å². The van der Waals surface area contributed by atoms with Gasteiger partial charge >= 0.3 is 6.03 Å². The van der Waals surface area contributed by atoms with Crippen LogP contribution in [-0.2, 0) is 4.79 Å². The van der Waals surface area contributed by atoms with E-state index in [0.29, 0.717) is 13.1 Å². The van der Waals surface area contributed by atoms with Crippen LogP contribution in [0, 0.1) is 0 Å². The maximum absolute atomic E-state index is 11.4. The summed E-state index contributed by atoms with van der Waals surface area (Å²) < 4.78 is 0. The van der Waals surface area contributed by atoms with E-state index < -0.39 is 6.04 Å². The lowest BCUT2D eigenvalue weighted by atomic mass is 10.2. The molecule has 0 aromatic heterocycles. The van der Waals surface area contributed by atoms with Crippen LogP contribution in [0.1, 0.15) is 0 Å². The highest BCUT2D eigenvalue weighted by Crippen LogP contribution is 2.03. The van der Waals surface area contributed by atoms with Crippen LogP contribution in [-0.4, -0.2) is 56.6 Å². The fraction of sp³-hybridized carbons (Fsp3) is 0.750. The third kappa shape index (κ3) is 2.14. The molecule has 14 heavy (non-hydrogen) atoms. The van der Waals surface area contributed by atoms with Crippen molar-refractivity contribution in [1.82, 2.24) is 20.9 Å². The molecule has 3 N–H and O–H groups in total. The molecule has 0 bridgehead atoms. The highest BCUT2D eigenvalue weighted by Gasteiger charge is 2.30. The Hall–Kier alpha value is -1.30. The Kier molecular flexibility index (Phi) is 3.70. The third-order valence-electron chi connectivity index (χ3n) is 2.27. The number of hydrogen-bond donors (Lipinski definition) is 3. The van der Waals surface area contributed by atoms with Gasteiger partial charge in [0.25, 0.3) is 0 Å². The fourth-order valence-electron chi connectivity index (χ4n) is 1.49. The van der Waals surface area contributed by atoms with Gasteiger partial charge in [0.1, 0.15) is 6.04 Å². The van der Waals surface area contributed by atoms with E-state index in [9.17, 15) is 9.59 Å². The summed E-state index contributed by atoms with van der Waals surface area (Å²) in [5.74, 6) is -0.138. The van der Waals surface area contributed by atoms with Gasteiger partial charge in [0, 0.05) is 33.7 Å². The van der Waals surface area contributed by atoms with Crippen LogP contribution in [0.2, 0.25) is 0 Å². The van der Waals surface area contributed by atoms with Gasteiger partial charge in [-0.2, -0.15) is 0 Å². The summed E-state index contributed by atoms with van der Waals surface area (Å²) in [5, 5.41) is 8.14. The first kappa shape index (κ1) is 10.8. The molecule has 0 saturated carbocycles. The molecule has 3 amide bonds. The smallest absolute Gasteiger partial charge is 0.317 e. The molecule has 80 valence electrons. The summed E-state index contributed by atoms with van der Waals surface area (Å²) in [6, 6.07) is -0.617. The standard InChI is InChI=1S/C8H16N4O2/c1-9-7(13)6-5-11-3-4-12(6)8(14)10-2/h6,11H,3-5H2,1-2H3,(H,9,13)(H,10,14).